The average Bonchev–Trinajstić information content (AvgIpc) is 2.65. The number of nitrogens with two attached hydrogens (primary N) is 1. The number of nitrogens with zero attached hydrogens (tertiary/aromatic N) is 3. The third-order valence-electron chi connectivity index (χ3n) is 3.46. The molecule has 11 heteroatoms. The lowest BCUT2D eigenvalue weighted by atomic mass is 10.2. The summed E-state index contributed by atoms with van der Waals surface area (Å²) in [5, 5.41) is 2.99. The zero-order valence-corrected chi connectivity index (χ0v) is 16.2. The molecule has 3 rings (SSSR count). The van der Waals surface area contributed by atoms with Crippen LogP contribution in [-0.4, -0.2) is 35.6 Å². The summed E-state index contributed by atoms with van der Waals surface area (Å²) in [6.45, 7) is -0.237. The van der Waals surface area contributed by atoms with Crippen molar-refractivity contribution in [2.45, 2.75) is 6.61 Å². The van der Waals surface area contributed by atoms with Crippen molar-refractivity contribution >= 4 is 39.3 Å². The minimum absolute atomic E-state index is 0.0242. The molecule has 0 aliphatic heterocycles. The van der Waals surface area contributed by atoms with Crippen molar-refractivity contribution < 1.29 is 17.9 Å². The summed E-state index contributed by atoms with van der Waals surface area (Å²) >= 11 is 0. The van der Waals surface area contributed by atoms with Gasteiger partial charge >= 0.3 is 5.97 Å². The molecular formula is C18H18N6O4S. The molecule has 0 atom stereocenters. The number of carbonyl (C=O) groups is 1. The van der Waals surface area contributed by atoms with Crippen LogP contribution in [0.3, 0.4) is 0 Å². The normalized spacial score (nSPS) is 10.9. The standard InChI is InChI=1S/C18H18N6O4S/c1-29(26,27)24-14-9-5-6-12(10-14)16(25)28-11-15-21-17(19)23-18(22-15)20-13-7-3-2-4-8-13/h2-10,24H,11H2,1H3,(H3,19,20,21,22,23). The van der Waals surface area contributed by atoms with E-state index in [-0.39, 0.29) is 35.6 Å². The molecule has 0 amide bonds. The van der Waals surface area contributed by atoms with Gasteiger partial charge in [-0.05, 0) is 30.3 Å². The summed E-state index contributed by atoms with van der Waals surface area (Å²) in [7, 11) is -3.46. The summed E-state index contributed by atoms with van der Waals surface area (Å²) < 4.78 is 30.1. The lowest BCUT2D eigenvalue weighted by Crippen LogP contribution is -2.12. The Morgan fingerprint density at radius 2 is 1.76 bits per heavy atom. The fraction of sp³-hybridized carbons (Fsp3) is 0.111. The van der Waals surface area contributed by atoms with Crippen LogP contribution in [0, 0.1) is 0 Å². The van der Waals surface area contributed by atoms with Gasteiger partial charge in [0.15, 0.2) is 12.4 Å². The molecular weight excluding hydrogens is 396 g/mol. The second kappa shape index (κ2) is 8.52. The Kier molecular flexibility index (Phi) is 5.88. The maximum Gasteiger partial charge on any atom is 0.338 e. The number of esters is 1. The summed E-state index contributed by atoms with van der Waals surface area (Å²) in [4.78, 5) is 24.4. The Morgan fingerprint density at radius 1 is 1.03 bits per heavy atom. The van der Waals surface area contributed by atoms with E-state index in [0.29, 0.717) is 0 Å². The number of rotatable bonds is 7. The van der Waals surface area contributed by atoms with Crippen molar-refractivity contribution in [3.8, 4) is 0 Å². The van der Waals surface area contributed by atoms with Crippen molar-refractivity contribution in [2.75, 3.05) is 22.0 Å². The second-order valence-electron chi connectivity index (χ2n) is 5.96. The van der Waals surface area contributed by atoms with Gasteiger partial charge in [0.1, 0.15) is 0 Å². The Labute approximate surface area is 167 Å². The van der Waals surface area contributed by atoms with E-state index in [1.165, 1.54) is 24.3 Å². The Bertz CT molecular complexity index is 1120. The fourth-order valence-electron chi connectivity index (χ4n) is 2.35. The van der Waals surface area contributed by atoms with Crippen LogP contribution < -0.4 is 15.8 Å². The minimum Gasteiger partial charge on any atom is -0.454 e. The maximum absolute atomic E-state index is 12.3. The highest BCUT2D eigenvalue weighted by molar-refractivity contribution is 7.92. The molecule has 2 aromatic carbocycles. The number of anilines is 4. The maximum atomic E-state index is 12.3. The zero-order chi connectivity index (χ0) is 20.9. The number of nitrogens with one attached hydrogen (secondary N) is 2. The molecule has 150 valence electrons. The molecule has 10 nitrogen and oxygen atoms in total. The van der Waals surface area contributed by atoms with E-state index in [1.54, 1.807) is 0 Å². The molecule has 0 unspecified atom stereocenters. The van der Waals surface area contributed by atoms with Gasteiger partial charge in [-0.3, -0.25) is 4.72 Å². The number of carbonyl (C=O) groups excluding carboxylic acids is 1. The van der Waals surface area contributed by atoms with Gasteiger partial charge in [0.2, 0.25) is 21.9 Å². The first-order valence-corrected chi connectivity index (χ1v) is 10.2. The number of para-hydroxylation sites is 1. The number of ether oxygens (including phenoxy) is 1. The summed E-state index contributed by atoms with van der Waals surface area (Å²) in [5.74, 6) is -0.314. The number of nitrogen functional groups attached to an aromatic ring is 1. The average molecular weight is 414 g/mol. The molecule has 0 radical (unpaired) electrons. The summed E-state index contributed by atoms with van der Waals surface area (Å²) in [5.41, 5.74) is 6.88. The number of hydrogen-bond donors (Lipinski definition) is 3. The molecule has 29 heavy (non-hydrogen) atoms. The largest absolute Gasteiger partial charge is 0.454 e. The van der Waals surface area contributed by atoms with Crippen LogP contribution in [0.1, 0.15) is 16.2 Å². The van der Waals surface area contributed by atoms with Crippen molar-refractivity contribution in [2.24, 2.45) is 0 Å². The van der Waals surface area contributed by atoms with E-state index in [1.807, 2.05) is 30.3 Å². The van der Waals surface area contributed by atoms with Crippen LogP contribution >= 0.6 is 0 Å². The SMILES string of the molecule is CS(=O)(=O)Nc1cccc(C(=O)OCc2nc(N)nc(Nc3ccccc3)n2)c1. The molecule has 1 heterocycles. The van der Waals surface area contributed by atoms with E-state index in [0.717, 1.165) is 11.9 Å². The van der Waals surface area contributed by atoms with Crippen molar-refractivity contribution in [3.63, 3.8) is 0 Å². The van der Waals surface area contributed by atoms with Crippen LogP contribution in [0.2, 0.25) is 0 Å². The van der Waals surface area contributed by atoms with Gasteiger partial charge in [0.05, 0.1) is 11.8 Å². The first kappa shape index (κ1) is 20.0. The molecule has 0 saturated carbocycles. The molecule has 0 aliphatic rings. The van der Waals surface area contributed by atoms with Gasteiger partial charge in [-0.1, -0.05) is 24.3 Å². The van der Waals surface area contributed by atoms with Gasteiger partial charge < -0.3 is 15.8 Å². The highest BCUT2D eigenvalue weighted by Crippen LogP contribution is 2.15. The van der Waals surface area contributed by atoms with Crippen molar-refractivity contribution in [1.82, 2.24) is 15.0 Å². The first-order chi connectivity index (χ1) is 13.8. The fourth-order valence-corrected chi connectivity index (χ4v) is 2.90. The zero-order valence-electron chi connectivity index (χ0n) is 15.4. The smallest absolute Gasteiger partial charge is 0.338 e. The molecule has 0 saturated heterocycles. The minimum atomic E-state index is -3.46. The highest BCUT2D eigenvalue weighted by atomic mass is 32.2. The van der Waals surface area contributed by atoms with Crippen LogP contribution in [0.25, 0.3) is 0 Å². The second-order valence-corrected chi connectivity index (χ2v) is 7.70. The van der Waals surface area contributed by atoms with Crippen LogP contribution in [0.5, 0.6) is 0 Å². The van der Waals surface area contributed by atoms with E-state index in [4.69, 9.17) is 10.5 Å². The number of hydrogen-bond acceptors (Lipinski definition) is 9. The van der Waals surface area contributed by atoms with Gasteiger partial charge in [-0.15, -0.1) is 0 Å². The van der Waals surface area contributed by atoms with Gasteiger partial charge in [-0.25, -0.2) is 13.2 Å². The molecule has 4 N–H and O–H groups in total. The topological polar surface area (TPSA) is 149 Å². The monoisotopic (exact) mass is 414 g/mol. The number of benzene rings is 2. The highest BCUT2D eigenvalue weighted by Gasteiger charge is 2.12. The summed E-state index contributed by atoms with van der Waals surface area (Å²) in [6.07, 6.45) is 1.02. The first-order valence-electron chi connectivity index (χ1n) is 8.36. The Morgan fingerprint density at radius 3 is 2.48 bits per heavy atom. The lowest BCUT2D eigenvalue weighted by molar-refractivity contribution is 0.0462. The number of sulfonamides is 1. The van der Waals surface area contributed by atoms with Crippen LogP contribution in [0.15, 0.2) is 54.6 Å². The Balaban J connectivity index is 1.68. The van der Waals surface area contributed by atoms with Crippen molar-refractivity contribution in [1.29, 1.82) is 0 Å². The van der Waals surface area contributed by atoms with Crippen LogP contribution in [-0.2, 0) is 21.4 Å². The third kappa shape index (κ3) is 6.14. The molecule has 0 aliphatic carbocycles. The molecule has 3 aromatic rings. The van der Waals surface area contributed by atoms with Gasteiger partial charge in [-0.2, -0.15) is 15.0 Å². The van der Waals surface area contributed by atoms with Crippen LogP contribution in [0.4, 0.5) is 23.3 Å². The van der Waals surface area contributed by atoms with E-state index >= 15 is 0 Å². The third-order valence-corrected chi connectivity index (χ3v) is 4.07. The van der Waals surface area contributed by atoms with Gasteiger partial charge in [0, 0.05) is 11.4 Å². The molecule has 1 aromatic heterocycles. The quantitative estimate of drug-likeness (QED) is 0.493. The van der Waals surface area contributed by atoms with Crippen molar-refractivity contribution in [3.05, 3.63) is 66.0 Å². The van der Waals surface area contributed by atoms with E-state index < -0.39 is 16.0 Å². The molecule has 0 bridgehead atoms. The summed E-state index contributed by atoms with van der Waals surface area (Å²) in [6, 6.07) is 15.2. The molecule has 0 fully saturated rings. The lowest BCUT2D eigenvalue weighted by Gasteiger charge is -2.09. The predicted molar refractivity (Wildman–Crippen MR) is 108 cm³/mol. The molecule has 0 spiro atoms. The van der Waals surface area contributed by atoms with Gasteiger partial charge in [0.25, 0.3) is 0 Å². The van der Waals surface area contributed by atoms with E-state index in [2.05, 4.69) is 25.0 Å². The number of aromatic nitrogens is 3. The van der Waals surface area contributed by atoms with E-state index in [9.17, 15) is 13.2 Å². The Hall–Kier alpha value is -3.73. The predicted octanol–water partition coefficient (Wildman–Crippen LogP) is 1.93.